The molecular formula is C18H16N2O3S. The van der Waals surface area contributed by atoms with Gasteiger partial charge in [0.2, 0.25) is 5.91 Å². The molecule has 1 amide bonds. The fourth-order valence-corrected chi connectivity index (χ4v) is 3.06. The summed E-state index contributed by atoms with van der Waals surface area (Å²) in [6.07, 6.45) is 3.15. The number of amides is 1. The summed E-state index contributed by atoms with van der Waals surface area (Å²) >= 11 is 1.44. The number of ether oxygens (including phenoxy) is 2. The highest BCUT2D eigenvalue weighted by Crippen LogP contribution is 2.27. The fourth-order valence-electron chi connectivity index (χ4n) is 2.19. The number of hydrogen-bond acceptors (Lipinski definition) is 5. The van der Waals surface area contributed by atoms with Crippen LogP contribution in [0.25, 0.3) is 16.3 Å². The van der Waals surface area contributed by atoms with Gasteiger partial charge in [0.25, 0.3) is 0 Å². The zero-order valence-electron chi connectivity index (χ0n) is 13.3. The maximum Gasteiger partial charge on any atom is 0.250 e. The van der Waals surface area contributed by atoms with Gasteiger partial charge >= 0.3 is 0 Å². The van der Waals surface area contributed by atoms with Crippen LogP contribution < -0.4 is 14.8 Å². The van der Waals surface area contributed by atoms with Crippen molar-refractivity contribution in [2.24, 2.45) is 0 Å². The van der Waals surface area contributed by atoms with E-state index in [1.807, 2.05) is 36.4 Å². The van der Waals surface area contributed by atoms with Crippen molar-refractivity contribution in [1.29, 1.82) is 0 Å². The Labute approximate surface area is 143 Å². The molecule has 1 aromatic heterocycles. The molecule has 122 valence electrons. The number of rotatable bonds is 5. The Morgan fingerprint density at radius 1 is 1.17 bits per heavy atom. The summed E-state index contributed by atoms with van der Waals surface area (Å²) in [5.41, 5.74) is 1.66. The highest BCUT2D eigenvalue weighted by molar-refractivity contribution is 7.22. The summed E-state index contributed by atoms with van der Waals surface area (Å²) in [6.45, 7) is 0. The van der Waals surface area contributed by atoms with Crippen molar-refractivity contribution >= 4 is 38.7 Å². The lowest BCUT2D eigenvalue weighted by Gasteiger charge is -2.07. The van der Waals surface area contributed by atoms with Crippen molar-refractivity contribution in [1.82, 2.24) is 4.98 Å². The Hall–Kier alpha value is -2.86. The number of aromatic nitrogens is 1. The molecule has 1 N–H and O–H groups in total. The van der Waals surface area contributed by atoms with E-state index in [0.29, 0.717) is 16.6 Å². The highest BCUT2D eigenvalue weighted by Gasteiger charge is 2.06. The minimum atomic E-state index is -0.244. The van der Waals surface area contributed by atoms with Crippen LogP contribution >= 0.6 is 11.3 Å². The SMILES string of the molecule is COc1ccc(C=CC(=O)Nc2nc3ccccc3s2)c(OC)c1. The minimum absolute atomic E-state index is 0.244. The monoisotopic (exact) mass is 340 g/mol. The van der Waals surface area contributed by atoms with E-state index in [-0.39, 0.29) is 5.91 Å². The predicted octanol–water partition coefficient (Wildman–Crippen LogP) is 3.97. The summed E-state index contributed by atoms with van der Waals surface area (Å²) in [7, 11) is 3.17. The van der Waals surface area contributed by atoms with E-state index in [4.69, 9.17) is 9.47 Å². The number of nitrogens with zero attached hydrogens (tertiary/aromatic N) is 1. The molecule has 3 aromatic rings. The van der Waals surface area contributed by atoms with Crippen molar-refractivity contribution in [3.63, 3.8) is 0 Å². The molecule has 3 rings (SSSR count). The van der Waals surface area contributed by atoms with Gasteiger partial charge in [-0.05, 0) is 30.3 Å². The standard InChI is InChI=1S/C18H16N2O3S/c1-22-13-9-7-12(15(11-13)23-2)8-10-17(21)20-18-19-14-5-3-4-6-16(14)24-18/h3-11H,1-2H3,(H,19,20,21). The number of benzene rings is 2. The number of fused-ring (bicyclic) bond motifs is 1. The molecule has 2 aromatic carbocycles. The van der Waals surface area contributed by atoms with E-state index >= 15 is 0 Å². The summed E-state index contributed by atoms with van der Waals surface area (Å²) in [6, 6.07) is 13.2. The predicted molar refractivity (Wildman–Crippen MR) is 96.8 cm³/mol. The first kappa shape index (κ1) is 16.0. The third-order valence-electron chi connectivity index (χ3n) is 3.38. The number of hydrogen-bond donors (Lipinski definition) is 1. The summed E-state index contributed by atoms with van der Waals surface area (Å²) < 4.78 is 11.5. The van der Waals surface area contributed by atoms with Crippen LogP contribution in [0.15, 0.2) is 48.5 Å². The minimum Gasteiger partial charge on any atom is -0.497 e. The normalized spacial score (nSPS) is 10.9. The first-order valence-electron chi connectivity index (χ1n) is 7.26. The number of methoxy groups -OCH3 is 2. The number of carbonyl (C=O) groups excluding carboxylic acids is 1. The van der Waals surface area contributed by atoms with E-state index in [1.165, 1.54) is 17.4 Å². The molecule has 1 heterocycles. The highest BCUT2D eigenvalue weighted by atomic mass is 32.1. The van der Waals surface area contributed by atoms with Crippen molar-refractivity contribution in [3.8, 4) is 11.5 Å². The van der Waals surface area contributed by atoms with Crippen molar-refractivity contribution in [2.75, 3.05) is 19.5 Å². The lowest BCUT2D eigenvalue weighted by Crippen LogP contribution is -2.07. The molecule has 24 heavy (non-hydrogen) atoms. The summed E-state index contributed by atoms with van der Waals surface area (Å²) in [5.74, 6) is 1.09. The van der Waals surface area contributed by atoms with Crippen LogP contribution in [-0.4, -0.2) is 25.1 Å². The van der Waals surface area contributed by atoms with Gasteiger partial charge in [-0.3, -0.25) is 10.1 Å². The molecule has 5 nitrogen and oxygen atoms in total. The third kappa shape index (κ3) is 3.55. The number of para-hydroxylation sites is 1. The Bertz CT molecular complexity index is 869. The Balaban J connectivity index is 1.73. The molecule has 0 radical (unpaired) electrons. The molecule has 0 bridgehead atoms. The third-order valence-corrected chi connectivity index (χ3v) is 4.33. The maximum atomic E-state index is 12.1. The zero-order chi connectivity index (χ0) is 16.9. The number of nitrogens with one attached hydrogen (secondary N) is 1. The van der Waals surface area contributed by atoms with Gasteiger partial charge in [0, 0.05) is 17.7 Å². The average Bonchev–Trinajstić information content (AvgIpc) is 3.01. The second-order valence-electron chi connectivity index (χ2n) is 4.92. The van der Waals surface area contributed by atoms with E-state index in [1.54, 1.807) is 26.4 Å². The smallest absolute Gasteiger partial charge is 0.250 e. The first-order valence-corrected chi connectivity index (χ1v) is 8.08. The van der Waals surface area contributed by atoms with E-state index < -0.39 is 0 Å². The van der Waals surface area contributed by atoms with Crippen LogP contribution in [0.4, 0.5) is 5.13 Å². The van der Waals surface area contributed by atoms with Crippen LogP contribution in [0.5, 0.6) is 11.5 Å². The van der Waals surface area contributed by atoms with Crippen LogP contribution in [0.1, 0.15) is 5.56 Å². The fraction of sp³-hybridized carbons (Fsp3) is 0.111. The van der Waals surface area contributed by atoms with Gasteiger partial charge in [-0.15, -0.1) is 0 Å². The topological polar surface area (TPSA) is 60.5 Å². The van der Waals surface area contributed by atoms with Crippen LogP contribution in [0.3, 0.4) is 0 Å². The van der Waals surface area contributed by atoms with Gasteiger partial charge in [-0.2, -0.15) is 0 Å². The molecule has 0 saturated carbocycles. The van der Waals surface area contributed by atoms with Crippen molar-refractivity contribution in [2.45, 2.75) is 0 Å². The number of carbonyl (C=O) groups is 1. The van der Waals surface area contributed by atoms with Crippen molar-refractivity contribution < 1.29 is 14.3 Å². The molecule has 0 unspecified atom stereocenters. The lowest BCUT2D eigenvalue weighted by atomic mass is 10.1. The quantitative estimate of drug-likeness (QED) is 0.714. The zero-order valence-corrected chi connectivity index (χ0v) is 14.1. The average molecular weight is 340 g/mol. The molecule has 0 aliphatic rings. The molecular weight excluding hydrogens is 324 g/mol. The van der Waals surface area contributed by atoms with Crippen molar-refractivity contribution in [3.05, 3.63) is 54.1 Å². The molecule has 6 heteroatoms. The molecule has 0 aliphatic heterocycles. The maximum absolute atomic E-state index is 12.1. The van der Waals surface area contributed by atoms with E-state index in [2.05, 4.69) is 10.3 Å². The van der Waals surface area contributed by atoms with Gasteiger partial charge < -0.3 is 9.47 Å². The summed E-state index contributed by atoms with van der Waals surface area (Å²) in [4.78, 5) is 16.5. The van der Waals surface area contributed by atoms with Gasteiger partial charge in [-0.1, -0.05) is 23.5 Å². The molecule has 0 aliphatic carbocycles. The number of thiazole rings is 1. The molecule has 0 spiro atoms. The van der Waals surface area contributed by atoms with Crippen LogP contribution in [-0.2, 0) is 4.79 Å². The molecule has 0 atom stereocenters. The largest absolute Gasteiger partial charge is 0.497 e. The van der Waals surface area contributed by atoms with Crippen LogP contribution in [0.2, 0.25) is 0 Å². The lowest BCUT2D eigenvalue weighted by molar-refractivity contribution is -0.111. The molecule has 0 fully saturated rings. The summed E-state index contributed by atoms with van der Waals surface area (Å²) in [5, 5.41) is 3.35. The number of anilines is 1. The van der Waals surface area contributed by atoms with Crippen LogP contribution in [0, 0.1) is 0 Å². The first-order chi connectivity index (χ1) is 11.7. The van der Waals surface area contributed by atoms with Gasteiger partial charge in [-0.25, -0.2) is 4.98 Å². The second kappa shape index (κ2) is 7.14. The molecule has 0 saturated heterocycles. The van der Waals surface area contributed by atoms with Gasteiger partial charge in [0.1, 0.15) is 11.5 Å². The van der Waals surface area contributed by atoms with E-state index in [0.717, 1.165) is 15.8 Å². The second-order valence-corrected chi connectivity index (χ2v) is 5.95. The Kier molecular flexibility index (Phi) is 4.77. The Morgan fingerprint density at radius 2 is 2.00 bits per heavy atom. The van der Waals surface area contributed by atoms with Gasteiger partial charge in [0.05, 0.1) is 24.4 Å². The van der Waals surface area contributed by atoms with Gasteiger partial charge in [0.15, 0.2) is 5.13 Å². The van der Waals surface area contributed by atoms with E-state index in [9.17, 15) is 4.79 Å². The Morgan fingerprint density at radius 3 is 2.75 bits per heavy atom.